The second kappa shape index (κ2) is 11.4. The number of nitrogens with one attached hydrogen (secondary N) is 2. The van der Waals surface area contributed by atoms with Gasteiger partial charge in [0, 0.05) is 39.5 Å². The van der Waals surface area contributed by atoms with Gasteiger partial charge in [-0.1, -0.05) is 36.8 Å². The van der Waals surface area contributed by atoms with Crippen LogP contribution in [0.4, 0.5) is 0 Å². The lowest BCUT2D eigenvalue weighted by atomic mass is 10.2. The van der Waals surface area contributed by atoms with E-state index in [1.807, 2.05) is 18.2 Å². The van der Waals surface area contributed by atoms with Crippen molar-refractivity contribution in [3.63, 3.8) is 0 Å². The molecule has 0 aliphatic carbocycles. The Morgan fingerprint density at radius 1 is 1.11 bits per heavy atom. The number of rotatable bonds is 9. The van der Waals surface area contributed by atoms with Crippen molar-refractivity contribution in [2.24, 2.45) is 4.99 Å². The van der Waals surface area contributed by atoms with Gasteiger partial charge in [0.25, 0.3) is 0 Å². The molecule has 0 spiro atoms. The summed E-state index contributed by atoms with van der Waals surface area (Å²) >= 11 is 0. The monoisotopic (exact) mass is 384 g/mol. The van der Waals surface area contributed by atoms with Crippen LogP contribution in [0.5, 0.6) is 0 Å². The predicted molar refractivity (Wildman–Crippen MR) is 111 cm³/mol. The maximum Gasteiger partial charge on any atom is 0.191 e. The lowest BCUT2D eigenvalue weighted by molar-refractivity contribution is 0.125. The van der Waals surface area contributed by atoms with Crippen molar-refractivity contribution in [3.8, 4) is 0 Å². The summed E-state index contributed by atoms with van der Waals surface area (Å²) in [6, 6.07) is 10.2. The summed E-state index contributed by atoms with van der Waals surface area (Å²) in [7, 11) is 1.79. The molecule has 0 radical (unpaired) electrons. The van der Waals surface area contributed by atoms with E-state index in [0.29, 0.717) is 13.2 Å². The molecule has 0 saturated carbocycles. The average Bonchev–Trinajstić information content (AvgIpc) is 2.96. The fourth-order valence-electron chi connectivity index (χ4n) is 3.41. The highest BCUT2D eigenvalue weighted by Gasteiger charge is 2.14. The summed E-state index contributed by atoms with van der Waals surface area (Å²) in [4.78, 5) is 4.27. The van der Waals surface area contributed by atoms with Gasteiger partial charge in [0.05, 0.1) is 13.2 Å². The summed E-state index contributed by atoms with van der Waals surface area (Å²) in [6.07, 6.45) is 6.77. The fraction of sp³-hybridized carbons (Fsp3) is 0.571. The van der Waals surface area contributed by atoms with Gasteiger partial charge in [-0.15, -0.1) is 10.2 Å². The van der Waals surface area contributed by atoms with E-state index in [1.165, 1.54) is 24.8 Å². The molecule has 1 aromatic carbocycles. The third-order valence-electron chi connectivity index (χ3n) is 4.93. The van der Waals surface area contributed by atoms with Crippen molar-refractivity contribution < 1.29 is 4.74 Å². The van der Waals surface area contributed by atoms with Crippen molar-refractivity contribution >= 4 is 5.96 Å². The molecule has 1 aromatic heterocycles. The smallest absolute Gasteiger partial charge is 0.191 e. The second-order valence-electron chi connectivity index (χ2n) is 7.06. The molecule has 0 unspecified atom stereocenters. The average molecular weight is 385 g/mol. The molecule has 0 fully saturated rings. The maximum atomic E-state index is 5.69. The van der Waals surface area contributed by atoms with E-state index >= 15 is 0 Å². The van der Waals surface area contributed by atoms with Crippen LogP contribution in [0, 0.1) is 0 Å². The molecule has 3 rings (SSSR count). The second-order valence-corrected chi connectivity index (χ2v) is 7.06. The SMILES string of the molecule is CN=C(NCCCc1nnc2n1CCCCC2)NCCOCc1ccccc1. The molecule has 0 atom stereocenters. The molecule has 7 heteroatoms. The van der Waals surface area contributed by atoms with Crippen LogP contribution in [0.25, 0.3) is 0 Å². The first-order chi connectivity index (χ1) is 13.9. The predicted octanol–water partition coefficient (Wildman–Crippen LogP) is 2.32. The highest BCUT2D eigenvalue weighted by atomic mass is 16.5. The van der Waals surface area contributed by atoms with Crippen LogP contribution in [-0.2, 0) is 30.7 Å². The Morgan fingerprint density at radius 2 is 1.96 bits per heavy atom. The molecule has 2 aromatic rings. The molecule has 0 amide bonds. The van der Waals surface area contributed by atoms with Gasteiger partial charge in [0.2, 0.25) is 0 Å². The van der Waals surface area contributed by atoms with E-state index in [2.05, 4.69) is 42.5 Å². The van der Waals surface area contributed by atoms with Crippen molar-refractivity contribution in [2.75, 3.05) is 26.7 Å². The summed E-state index contributed by atoms with van der Waals surface area (Å²) in [6.45, 7) is 3.92. The van der Waals surface area contributed by atoms with Gasteiger partial charge in [0.15, 0.2) is 5.96 Å². The van der Waals surface area contributed by atoms with Crippen LogP contribution in [0.3, 0.4) is 0 Å². The molecular weight excluding hydrogens is 352 g/mol. The van der Waals surface area contributed by atoms with E-state index in [4.69, 9.17) is 4.74 Å². The zero-order chi connectivity index (χ0) is 19.4. The number of aryl methyl sites for hydroxylation is 2. The zero-order valence-electron chi connectivity index (χ0n) is 16.9. The quantitative estimate of drug-likeness (QED) is 0.394. The van der Waals surface area contributed by atoms with Gasteiger partial charge in [-0.25, -0.2) is 0 Å². The third kappa shape index (κ3) is 6.34. The first-order valence-electron chi connectivity index (χ1n) is 10.3. The van der Waals surface area contributed by atoms with Crippen molar-refractivity contribution in [1.29, 1.82) is 0 Å². The van der Waals surface area contributed by atoms with Gasteiger partial charge < -0.3 is 19.9 Å². The molecule has 0 bridgehead atoms. The molecule has 152 valence electrons. The van der Waals surface area contributed by atoms with Crippen LogP contribution < -0.4 is 10.6 Å². The van der Waals surface area contributed by atoms with E-state index < -0.39 is 0 Å². The summed E-state index contributed by atoms with van der Waals surface area (Å²) in [5.74, 6) is 3.09. The van der Waals surface area contributed by atoms with Gasteiger partial charge in [0.1, 0.15) is 11.6 Å². The number of ether oxygens (including phenoxy) is 1. The van der Waals surface area contributed by atoms with Crippen LogP contribution in [0.2, 0.25) is 0 Å². The molecule has 7 nitrogen and oxygen atoms in total. The molecule has 2 heterocycles. The Kier molecular flexibility index (Phi) is 8.30. The van der Waals surface area contributed by atoms with Crippen LogP contribution in [0.15, 0.2) is 35.3 Å². The summed E-state index contributed by atoms with van der Waals surface area (Å²) < 4.78 is 8.01. The third-order valence-corrected chi connectivity index (χ3v) is 4.93. The number of fused-ring (bicyclic) bond motifs is 1. The summed E-state index contributed by atoms with van der Waals surface area (Å²) in [5.41, 5.74) is 1.19. The van der Waals surface area contributed by atoms with E-state index in [1.54, 1.807) is 7.05 Å². The number of hydrogen-bond donors (Lipinski definition) is 2. The Hall–Kier alpha value is -2.41. The van der Waals surface area contributed by atoms with E-state index in [9.17, 15) is 0 Å². The Bertz CT molecular complexity index is 728. The molecule has 0 saturated heterocycles. The number of aliphatic imine (C=N–C) groups is 1. The minimum atomic E-state index is 0.636. The lowest BCUT2D eigenvalue weighted by Crippen LogP contribution is -2.39. The van der Waals surface area contributed by atoms with E-state index in [-0.39, 0.29) is 0 Å². The highest BCUT2D eigenvalue weighted by Crippen LogP contribution is 2.15. The first-order valence-corrected chi connectivity index (χ1v) is 10.3. The normalized spacial score (nSPS) is 14.4. The largest absolute Gasteiger partial charge is 0.375 e. The Labute approximate surface area is 167 Å². The minimum Gasteiger partial charge on any atom is -0.375 e. The molecule has 1 aliphatic heterocycles. The lowest BCUT2D eigenvalue weighted by Gasteiger charge is -2.12. The minimum absolute atomic E-state index is 0.636. The van der Waals surface area contributed by atoms with Crippen molar-refractivity contribution in [3.05, 3.63) is 47.5 Å². The van der Waals surface area contributed by atoms with Gasteiger partial charge >= 0.3 is 0 Å². The van der Waals surface area contributed by atoms with Gasteiger partial charge in [-0.3, -0.25) is 4.99 Å². The number of aromatic nitrogens is 3. The van der Waals surface area contributed by atoms with Crippen LogP contribution in [0.1, 0.15) is 42.9 Å². The molecule has 2 N–H and O–H groups in total. The number of benzene rings is 1. The highest BCUT2D eigenvalue weighted by molar-refractivity contribution is 5.79. The standard InChI is InChI=1S/C21H32N6O/c1-22-21(24-14-16-28-17-18-9-4-2-5-10-18)23-13-8-12-20-26-25-19-11-6-3-7-15-27(19)20/h2,4-5,9-10H,3,6-8,11-17H2,1H3,(H2,22,23,24). The van der Waals surface area contributed by atoms with Gasteiger partial charge in [-0.05, 0) is 24.8 Å². The van der Waals surface area contributed by atoms with Crippen molar-refractivity contribution in [1.82, 2.24) is 25.4 Å². The molecule has 1 aliphatic rings. The fourth-order valence-corrected chi connectivity index (χ4v) is 3.41. The summed E-state index contributed by atoms with van der Waals surface area (Å²) in [5, 5.41) is 15.4. The van der Waals surface area contributed by atoms with Gasteiger partial charge in [-0.2, -0.15) is 0 Å². The van der Waals surface area contributed by atoms with Crippen LogP contribution in [-0.4, -0.2) is 47.5 Å². The Balaban J connectivity index is 1.29. The van der Waals surface area contributed by atoms with Crippen LogP contribution >= 0.6 is 0 Å². The maximum absolute atomic E-state index is 5.69. The molecule has 28 heavy (non-hydrogen) atoms. The zero-order valence-corrected chi connectivity index (χ0v) is 16.9. The first kappa shape index (κ1) is 20.3. The van der Waals surface area contributed by atoms with Crippen molar-refractivity contribution in [2.45, 2.75) is 51.7 Å². The Morgan fingerprint density at radius 3 is 2.82 bits per heavy atom. The van der Waals surface area contributed by atoms with E-state index in [0.717, 1.165) is 56.5 Å². The number of guanidine groups is 1. The molecular formula is C21H32N6O. The number of hydrogen-bond acceptors (Lipinski definition) is 4. The number of nitrogens with zero attached hydrogens (tertiary/aromatic N) is 4. The topological polar surface area (TPSA) is 76.4 Å².